The maximum absolute atomic E-state index is 13.1. The summed E-state index contributed by atoms with van der Waals surface area (Å²) in [5, 5.41) is 9.62. The molecule has 2 heterocycles. The van der Waals surface area contributed by atoms with Crippen LogP contribution in [0.3, 0.4) is 0 Å². The first-order valence-electron chi connectivity index (χ1n) is 11.3. The number of hydrogen-bond acceptors (Lipinski definition) is 6. The number of nitrogens with zero attached hydrogens (tertiary/aromatic N) is 5. The van der Waals surface area contributed by atoms with E-state index in [0.717, 1.165) is 34.9 Å². The van der Waals surface area contributed by atoms with E-state index in [9.17, 15) is 13.2 Å². The Morgan fingerprint density at radius 2 is 1.78 bits per heavy atom. The summed E-state index contributed by atoms with van der Waals surface area (Å²) in [5.41, 5.74) is 1.67. The molecule has 32 heavy (non-hydrogen) atoms. The number of benzene rings is 1. The summed E-state index contributed by atoms with van der Waals surface area (Å²) >= 11 is 1.46. The Morgan fingerprint density at radius 3 is 2.44 bits per heavy atom. The number of sulfonamides is 1. The van der Waals surface area contributed by atoms with E-state index < -0.39 is 10.0 Å². The summed E-state index contributed by atoms with van der Waals surface area (Å²) in [6, 6.07) is 5.98. The minimum atomic E-state index is -3.56. The molecule has 0 unspecified atom stereocenters. The molecule has 1 saturated heterocycles. The minimum Gasteiger partial charge on any atom is -0.339 e. The Bertz CT molecular complexity index is 1130. The van der Waals surface area contributed by atoms with Gasteiger partial charge in [-0.05, 0) is 56.7 Å². The van der Waals surface area contributed by atoms with Gasteiger partial charge >= 0.3 is 0 Å². The lowest BCUT2D eigenvalue weighted by atomic mass is 10.2. The lowest BCUT2D eigenvalue weighted by molar-refractivity contribution is -0.129. The summed E-state index contributed by atoms with van der Waals surface area (Å²) in [5.74, 6) is 1.96. The van der Waals surface area contributed by atoms with Gasteiger partial charge in [0.15, 0.2) is 5.16 Å². The van der Waals surface area contributed by atoms with Gasteiger partial charge in [0.25, 0.3) is 0 Å². The predicted octanol–water partition coefficient (Wildman–Crippen LogP) is 2.73. The third-order valence-electron chi connectivity index (χ3n) is 6.42. The quantitative estimate of drug-likeness (QED) is 0.572. The number of carbonyl (C=O) groups is 1. The van der Waals surface area contributed by atoms with Crippen molar-refractivity contribution >= 4 is 27.7 Å². The van der Waals surface area contributed by atoms with Crippen LogP contribution in [0.15, 0.2) is 28.3 Å². The number of piperazine rings is 1. The van der Waals surface area contributed by atoms with Gasteiger partial charge in [0.2, 0.25) is 15.9 Å². The van der Waals surface area contributed by atoms with Crippen molar-refractivity contribution in [3.8, 4) is 0 Å². The van der Waals surface area contributed by atoms with Crippen molar-refractivity contribution in [3.63, 3.8) is 0 Å². The molecule has 0 spiro atoms. The summed E-state index contributed by atoms with van der Waals surface area (Å²) in [4.78, 5) is 15.0. The molecule has 2 saturated carbocycles. The predicted molar refractivity (Wildman–Crippen MR) is 122 cm³/mol. The van der Waals surface area contributed by atoms with Gasteiger partial charge in [-0.15, -0.1) is 10.2 Å². The molecule has 1 aromatic heterocycles. The van der Waals surface area contributed by atoms with Crippen molar-refractivity contribution in [2.45, 2.75) is 61.5 Å². The van der Waals surface area contributed by atoms with Gasteiger partial charge in [-0.25, -0.2) is 8.42 Å². The summed E-state index contributed by atoms with van der Waals surface area (Å²) < 4.78 is 30.0. The largest absolute Gasteiger partial charge is 0.339 e. The lowest BCUT2D eigenvalue weighted by Gasteiger charge is -2.34. The van der Waals surface area contributed by atoms with Crippen molar-refractivity contribution in [2.24, 2.45) is 0 Å². The van der Waals surface area contributed by atoms with E-state index in [-0.39, 0.29) is 5.91 Å². The van der Waals surface area contributed by atoms with Crippen LogP contribution in [0, 0.1) is 13.8 Å². The first-order chi connectivity index (χ1) is 15.3. The van der Waals surface area contributed by atoms with Crippen LogP contribution in [0.4, 0.5) is 0 Å². The van der Waals surface area contributed by atoms with Crippen molar-refractivity contribution in [1.29, 1.82) is 0 Å². The van der Waals surface area contributed by atoms with E-state index in [1.807, 2.05) is 26.0 Å². The van der Waals surface area contributed by atoms with Gasteiger partial charge in [0.05, 0.1) is 10.6 Å². The molecule has 0 radical (unpaired) electrons. The monoisotopic (exact) mass is 475 g/mol. The van der Waals surface area contributed by atoms with E-state index in [0.29, 0.717) is 48.8 Å². The van der Waals surface area contributed by atoms with Crippen LogP contribution in [-0.2, 0) is 14.8 Å². The maximum atomic E-state index is 13.1. The number of rotatable bonds is 7. The molecule has 1 aromatic carbocycles. The zero-order valence-electron chi connectivity index (χ0n) is 18.5. The first kappa shape index (κ1) is 21.9. The van der Waals surface area contributed by atoms with Crippen LogP contribution in [0.1, 0.15) is 54.6 Å². The van der Waals surface area contributed by atoms with Crippen LogP contribution in [0.25, 0.3) is 0 Å². The first-order valence-corrected chi connectivity index (χ1v) is 13.7. The van der Waals surface area contributed by atoms with Crippen LogP contribution in [0.5, 0.6) is 0 Å². The second-order valence-corrected chi connectivity index (χ2v) is 11.9. The van der Waals surface area contributed by atoms with E-state index in [1.165, 1.54) is 28.9 Å². The molecule has 8 nitrogen and oxygen atoms in total. The van der Waals surface area contributed by atoms with Gasteiger partial charge < -0.3 is 9.47 Å². The fourth-order valence-electron chi connectivity index (χ4n) is 4.20. The highest BCUT2D eigenvalue weighted by atomic mass is 32.2. The fraction of sp³-hybridized carbons (Fsp3) is 0.591. The van der Waals surface area contributed by atoms with Crippen LogP contribution in [0.2, 0.25) is 0 Å². The molecule has 2 aliphatic carbocycles. The molecule has 2 aromatic rings. The Hall–Kier alpha value is -1.91. The molecule has 3 aliphatic rings. The highest BCUT2D eigenvalue weighted by Crippen LogP contribution is 2.46. The fourth-order valence-corrected chi connectivity index (χ4v) is 6.85. The third kappa shape index (κ3) is 4.32. The Balaban J connectivity index is 1.19. The van der Waals surface area contributed by atoms with E-state index >= 15 is 0 Å². The average Bonchev–Trinajstić information content (AvgIpc) is 3.72. The average molecular weight is 476 g/mol. The van der Waals surface area contributed by atoms with E-state index in [2.05, 4.69) is 14.8 Å². The Morgan fingerprint density at radius 1 is 1.06 bits per heavy atom. The second-order valence-electron chi connectivity index (χ2n) is 9.06. The molecule has 3 fully saturated rings. The zero-order chi connectivity index (χ0) is 22.5. The third-order valence-corrected chi connectivity index (χ3v) is 9.39. The van der Waals surface area contributed by atoms with Crippen LogP contribution >= 0.6 is 11.8 Å². The number of aromatic nitrogens is 3. The van der Waals surface area contributed by atoms with Gasteiger partial charge in [-0.2, -0.15) is 4.31 Å². The van der Waals surface area contributed by atoms with E-state index in [4.69, 9.17) is 0 Å². The number of aryl methyl sites for hydroxylation is 2. The van der Waals surface area contributed by atoms with Gasteiger partial charge in [-0.3, -0.25) is 4.79 Å². The van der Waals surface area contributed by atoms with Crippen LogP contribution in [-0.4, -0.2) is 70.2 Å². The molecule has 5 rings (SSSR count). The van der Waals surface area contributed by atoms with Crippen LogP contribution < -0.4 is 0 Å². The van der Waals surface area contributed by atoms with Gasteiger partial charge in [0.1, 0.15) is 5.82 Å². The van der Waals surface area contributed by atoms with Crippen molar-refractivity contribution in [3.05, 3.63) is 35.2 Å². The summed E-state index contributed by atoms with van der Waals surface area (Å²) in [6.45, 7) is 5.16. The highest BCUT2D eigenvalue weighted by Gasteiger charge is 2.37. The van der Waals surface area contributed by atoms with Crippen molar-refractivity contribution in [1.82, 2.24) is 24.0 Å². The number of amides is 1. The van der Waals surface area contributed by atoms with E-state index in [1.54, 1.807) is 11.0 Å². The number of carbonyl (C=O) groups excluding carboxylic acids is 1. The summed E-state index contributed by atoms with van der Waals surface area (Å²) in [6.07, 6.45) is 4.69. The van der Waals surface area contributed by atoms with Crippen molar-refractivity contribution in [2.75, 3.05) is 31.9 Å². The molecular weight excluding hydrogens is 446 g/mol. The Labute approximate surface area is 193 Å². The number of thioether (sulfide) groups is 1. The molecule has 172 valence electrons. The van der Waals surface area contributed by atoms with Crippen molar-refractivity contribution < 1.29 is 13.2 Å². The molecule has 0 atom stereocenters. The van der Waals surface area contributed by atoms with Gasteiger partial charge in [0, 0.05) is 38.1 Å². The SMILES string of the molecule is Cc1ccc(C)c(S(=O)(=O)N2CCN(C(=O)CSc3nnc(C4CC4)n3C3CC3)CC2)c1. The highest BCUT2D eigenvalue weighted by molar-refractivity contribution is 7.99. The molecule has 1 amide bonds. The van der Waals surface area contributed by atoms with Gasteiger partial charge in [-0.1, -0.05) is 23.9 Å². The Kier molecular flexibility index (Phi) is 5.79. The standard InChI is InChI=1S/C22H29N5O3S2/c1-15-3-4-16(2)19(13-15)32(29,30)26-11-9-25(10-12-26)20(28)14-31-22-24-23-21(17-5-6-17)27(22)18-7-8-18/h3-4,13,17-18H,5-12,14H2,1-2H3. The molecule has 0 N–H and O–H groups in total. The smallest absolute Gasteiger partial charge is 0.243 e. The lowest BCUT2D eigenvalue weighted by Crippen LogP contribution is -2.51. The second kappa shape index (κ2) is 8.46. The maximum Gasteiger partial charge on any atom is 0.243 e. The number of hydrogen-bond donors (Lipinski definition) is 0. The molecule has 1 aliphatic heterocycles. The summed E-state index contributed by atoms with van der Waals surface area (Å²) in [7, 11) is -3.56. The molecule has 10 heteroatoms. The molecule has 0 bridgehead atoms. The zero-order valence-corrected chi connectivity index (χ0v) is 20.2. The minimum absolute atomic E-state index is 0.0251. The normalized spacial score (nSPS) is 20.0. The molecular formula is C22H29N5O3S2. The topological polar surface area (TPSA) is 88.4 Å².